The third-order valence-electron chi connectivity index (χ3n) is 1.72. The third kappa shape index (κ3) is 2.59. The van der Waals surface area contributed by atoms with Crippen LogP contribution < -0.4 is 0 Å². The molecule has 0 heterocycles. The molecule has 64 valence electrons. The zero-order valence-electron chi connectivity index (χ0n) is 7.49. The summed E-state index contributed by atoms with van der Waals surface area (Å²) in [7, 11) is 0. The van der Waals surface area contributed by atoms with Crippen molar-refractivity contribution in [2.24, 2.45) is 0 Å². The van der Waals surface area contributed by atoms with E-state index in [0.29, 0.717) is 15.7 Å². The van der Waals surface area contributed by atoms with Crippen LogP contribution in [-0.4, -0.2) is 0 Å². The average molecular weight is 401 g/mol. The standard InChI is InChI=1S/C9H7Cl2N.Hg/c1-5-4-7(10)8(11)6(2)9(5)12-3;/h4H,1-2H3;. The predicted molar refractivity (Wildman–Crippen MR) is 52.2 cm³/mol. The molecule has 0 saturated carbocycles. The number of benzene rings is 1. The smallest absolute Gasteiger partial charge is 0.194 e. The van der Waals surface area contributed by atoms with Gasteiger partial charge in [-0.3, -0.25) is 0 Å². The Hall–Kier alpha value is 0.225. The molecule has 0 aromatic heterocycles. The second-order valence-corrected chi connectivity index (χ2v) is 3.36. The fraction of sp³-hybridized carbons (Fsp3) is 0.222. The first-order valence-corrected chi connectivity index (χ1v) is 4.16. The Balaban J connectivity index is 0.00000144. The number of hydrogen-bond acceptors (Lipinski definition) is 0. The van der Waals surface area contributed by atoms with Crippen LogP contribution in [0.2, 0.25) is 10.0 Å². The van der Waals surface area contributed by atoms with Gasteiger partial charge in [0.25, 0.3) is 0 Å². The summed E-state index contributed by atoms with van der Waals surface area (Å²) in [6, 6.07) is 1.71. The summed E-state index contributed by atoms with van der Waals surface area (Å²) in [5.74, 6) is 0. The second kappa shape index (κ2) is 5.19. The van der Waals surface area contributed by atoms with Crippen molar-refractivity contribution >= 4 is 28.9 Å². The summed E-state index contributed by atoms with van der Waals surface area (Å²) in [6.07, 6.45) is 0. The first-order valence-electron chi connectivity index (χ1n) is 3.40. The van der Waals surface area contributed by atoms with E-state index < -0.39 is 0 Å². The first-order chi connectivity index (χ1) is 5.57. The molecular weight excluding hydrogens is 394 g/mol. The number of hydrogen-bond donors (Lipinski definition) is 0. The Labute approximate surface area is 108 Å². The SMILES string of the molecule is [C-]#[N+]c1c(C)cc(Cl)c(Cl)c1C.[Hg]. The van der Waals surface area contributed by atoms with Crippen LogP contribution in [0.1, 0.15) is 11.1 Å². The molecule has 1 aromatic carbocycles. The van der Waals surface area contributed by atoms with Crippen molar-refractivity contribution in [2.45, 2.75) is 13.8 Å². The topological polar surface area (TPSA) is 4.36 Å². The number of rotatable bonds is 0. The molecule has 0 saturated heterocycles. The minimum atomic E-state index is 0. The predicted octanol–water partition coefficient (Wildman–Crippen LogP) is 4.16. The van der Waals surface area contributed by atoms with E-state index >= 15 is 0 Å². The maximum absolute atomic E-state index is 6.92. The second-order valence-electron chi connectivity index (χ2n) is 2.57. The van der Waals surface area contributed by atoms with Gasteiger partial charge in [-0.25, -0.2) is 4.85 Å². The van der Waals surface area contributed by atoms with Gasteiger partial charge < -0.3 is 0 Å². The van der Waals surface area contributed by atoms with Gasteiger partial charge in [-0.2, -0.15) is 0 Å². The van der Waals surface area contributed by atoms with E-state index in [0.717, 1.165) is 11.1 Å². The van der Waals surface area contributed by atoms with E-state index in [9.17, 15) is 0 Å². The average Bonchev–Trinajstić information content (AvgIpc) is 2.01. The largest absolute Gasteiger partial charge is 0.238 e. The van der Waals surface area contributed by atoms with Crippen LogP contribution in [0.5, 0.6) is 0 Å². The fourth-order valence-electron chi connectivity index (χ4n) is 1.07. The van der Waals surface area contributed by atoms with Crippen LogP contribution in [0.3, 0.4) is 0 Å². The molecule has 4 heteroatoms. The van der Waals surface area contributed by atoms with Crippen LogP contribution in [0.4, 0.5) is 5.69 Å². The third-order valence-corrected chi connectivity index (χ3v) is 2.60. The first kappa shape index (κ1) is 13.2. The molecule has 0 unspecified atom stereocenters. The van der Waals surface area contributed by atoms with Crippen molar-refractivity contribution in [3.63, 3.8) is 0 Å². The molecule has 1 nitrogen and oxygen atoms in total. The van der Waals surface area contributed by atoms with Crippen LogP contribution >= 0.6 is 23.2 Å². The van der Waals surface area contributed by atoms with Gasteiger partial charge >= 0.3 is 0 Å². The van der Waals surface area contributed by atoms with Crippen LogP contribution in [-0.2, 0) is 27.7 Å². The summed E-state index contributed by atoms with van der Waals surface area (Å²) in [4.78, 5) is 3.38. The molecule has 0 aliphatic rings. The molecule has 0 amide bonds. The minimum absolute atomic E-state index is 0. The van der Waals surface area contributed by atoms with E-state index in [1.165, 1.54) is 0 Å². The maximum Gasteiger partial charge on any atom is 0.194 e. The molecule has 0 fully saturated rings. The van der Waals surface area contributed by atoms with Crippen LogP contribution in [0.25, 0.3) is 4.85 Å². The van der Waals surface area contributed by atoms with Gasteiger partial charge in [0.05, 0.1) is 16.6 Å². The summed E-state index contributed by atoms with van der Waals surface area (Å²) < 4.78 is 0. The van der Waals surface area contributed by atoms with Crippen molar-refractivity contribution in [3.05, 3.63) is 38.7 Å². The molecular formula is C9H7Cl2HgN. The number of nitrogens with zero attached hydrogens (tertiary/aromatic N) is 1. The Morgan fingerprint density at radius 3 is 2.31 bits per heavy atom. The molecule has 0 spiro atoms. The Morgan fingerprint density at radius 1 is 1.31 bits per heavy atom. The molecule has 0 atom stereocenters. The van der Waals surface area contributed by atoms with E-state index in [1.54, 1.807) is 13.0 Å². The van der Waals surface area contributed by atoms with Gasteiger partial charge in [0.1, 0.15) is 0 Å². The van der Waals surface area contributed by atoms with E-state index in [1.807, 2.05) is 6.92 Å². The van der Waals surface area contributed by atoms with E-state index in [-0.39, 0.29) is 27.7 Å². The molecule has 0 N–H and O–H groups in total. The fourth-order valence-corrected chi connectivity index (χ4v) is 1.52. The van der Waals surface area contributed by atoms with Gasteiger partial charge in [-0.05, 0) is 31.0 Å². The summed E-state index contributed by atoms with van der Waals surface area (Å²) >= 11 is 11.7. The number of aryl methyl sites for hydroxylation is 1. The summed E-state index contributed by atoms with van der Waals surface area (Å²) in [5, 5.41) is 0.993. The van der Waals surface area contributed by atoms with E-state index in [2.05, 4.69) is 4.85 Å². The zero-order chi connectivity index (χ0) is 9.30. The summed E-state index contributed by atoms with van der Waals surface area (Å²) in [6.45, 7) is 10.6. The normalized spacial score (nSPS) is 8.85. The van der Waals surface area contributed by atoms with Gasteiger partial charge in [-0.1, -0.05) is 23.2 Å². The molecule has 1 rings (SSSR count). The minimum Gasteiger partial charge on any atom is -0.238 e. The maximum atomic E-state index is 6.92. The quantitative estimate of drug-likeness (QED) is 0.455. The molecule has 0 radical (unpaired) electrons. The van der Waals surface area contributed by atoms with E-state index in [4.69, 9.17) is 29.8 Å². The van der Waals surface area contributed by atoms with Crippen LogP contribution in [0, 0.1) is 20.4 Å². The molecule has 0 bridgehead atoms. The van der Waals surface area contributed by atoms with Crippen molar-refractivity contribution in [2.75, 3.05) is 0 Å². The van der Waals surface area contributed by atoms with Crippen molar-refractivity contribution < 1.29 is 27.7 Å². The van der Waals surface area contributed by atoms with Gasteiger partial charge in [0, 0.05) is 27.7 Å². The van der Waals surface area contributed by atoms with Crippen molar-refractivity contribution in [1.82, 2.24) is 0 Å². The van der Waals surface area contributed by atoms with Crippen molar-refractivity contribution in [3.8, 4) is 0 Å². The Bertz CT molecular complexity index is 369. The Morgan fingerprint density at radius 2 is 1.85 bits per heavy atom. The van der Waals surface area contributed by atoms with Gasteiger partial charge in [0.15, 0.2) is 5.69 Å². The molecule has 1 aromatic rings. The number of halogens is 2. The van der Waals surface area contributed by atoms with Crippen LogP contribution in [0.15, 0.2) is 6.07 Å². The van der Waals surface area contributed by atoms with Crippen molar-refractivity contribution in [1.29, 1.82) is 0 Å². The molecule has 13 heavy (non-hydrogen) atoms. The zero-order valence-corrected chi connectivity index (χ0v) is 14.5. The Kier molecular flexibility index (Phi) is 5.28. The molecule has 0 aliphatic carbocycles. The molecule has 0 aliphatic heterocycles. The summed E-state index contributed by atoms with van der Waals surface area (Å²) in [5.41, 5.74) is 2.23. The monoisotopic (exact) mass is 401 g/mol. The van der Waals surface area contributed by atoms with Gasteiger partial charge in [-0.15, -0.1) is 0 Å². The van der Waals surface area contributed by atoms with Gasteiger partial charge in [0.2, 0.25) is 0 Å².